The fourth-order valence-corrected chi connectivity index (χ4v) is 6.32. The van der Waals surface area contributed by atoms with Gasteiger partial charge in [-0.05, 0) is 36.1 Å². The first-order valence-corrected chi connectivity index (χ1v) is 11.4. The molecule has 0 aromatic heterocycles. The first kappa shape index (κ1) is 18.6. The fourth-order valence-electron chi connectivity index (χ4n) is 4.44. The average Bonchev–Trinajstić information content (AvgIpc) is 3.58. The lowest BCUT2D eigenvalue weighted by Gasteiger charge is -2.54. The van der Waals surface area contributed by atoms with Gasteiger partial charge >= 0.3 is 0 Å². The van der Waals surface area contributed by atoms with Crippen LogP contribution in [0.25, 0.3) is 0 Å². The number of hydrogen-bond donors (Lipinski definition) is 0. The lowest BCUT2D eigenvalue weighted by Crippen LogP contribution is -2.63. The molecule has 4 nitrogen and oxygen atoms in total. The fraction of sp³-hybridized carbons (Fsp3) is 0.250. The van der Waals surface area contributed by atoms with Gasteiger partial charge < -0.3 is 4.74 Å². The lowest BCUT2D eigenvalue weighted by molar-refractivity contribution is -0.184. The molecular weight excluding hydrogens is 382 g/mol. The van der Waals surface area contributed by atoms with Gasteiger partial charge in [0.05, 0.1) is 17.5 Å². The first-order valence-electron chi connectivity index (χ1n) is 9.92. The molecule has 29 heavy (non-hydrogen) atoms. The standard InChI is InChI=1S/C24H23NO3S/c26-29(27,21-14-8-3-9-15-21)25-22(20-12-6-2-7-13-20)24(16-17-24)23(25)28-18-19-10-4-1-5-11-19/h1-15,22-23H,16-18H2. The van der Waals surface area contributed by atoms with Gasteiger partial charge in [0.2, 0.25) is 10.0 Å². The molecule has 2 aliphatic rings. The Bertz CT molecular complexity index is 1080. The van der Waals surface area contributed by atoms with Crippen LogP contribution in [0.15, 0.2) is 95.9 Å². The van der Waals surface area contributed by atoms with Gasteiger partial charge in [-0.3, -0.25) is 0 Å². The van der Waals surface area contributed by atoms with Crippen LogP contribution in [0.4, 0.5) is 0 Å². The van der Waals surface area contributed by atoms with Crippen molar-refractivity contribution in [1.29, 1.82) is 0 Å². The third-order valence-electron chi connectivity index (χ3n) is 6.03. The zero-order valence-electron chi connectivity index (χ0n) is 16.0. The van der Waals surface area contributed by atoms with E-state index in [1.165, 1.54) is 0 Å². The Kier molecular flexibility index (Phi) is 4.54. The molecule has 2 fully saturated rings. The molecule has 0 N–H and O–H groups in total. The van der Waals surface area contributed by atoms with Gasteiger partial charge in [-0.1, -0.05) is 78.9 Å². The molecule has 1 saturated heterocycles. The summed E-state index contributed by atoms with van der Waals surface area (Å²) in [6.07, 6.45) is 1.51. The molecule has 0 amide bonds. The highest BCUT2D eigenvalue weighted by Gasteiger charge is 2.72. The second-order valence-electron chi connectivity index (χ2n) is 7.84. The predicted molar refractivity (Wildman–Crippen MR) is 111 cm³/mol. The van der Waals surface area contributed by atoms with Gasteiger partial charge in [0.1, 0.15) is 6.23 Å². The molecule has 3 aromatic carbocycles. The quantitative estimate of drug-likeness (QED) is 0.594. The Morgan fingerprint density at radius 1 is 0.828 bits per heavy atom. The van der Waals surface area contributed by atoms with E-state index < -0.39 is 16.3 Å². The minimum Gasteiger partial charge on any atom is -0.357 e. The minimum absolute atomic E-state index is 0.127. The van der Waals surface area contributed by atoms with Crippen LogP contribution in [-0.4, -0.2) is 19.0 Å². The van der Waals surface area contributed by atoms with E-state index in [4.69, 9.17) is 4.74 Å². The van der Waals surface area contributed by atoms with Crippen LogP contribution >= 0.6 is 0 Å². The van der Waals surface area contributed by atoms with Gasteiger partial charge in [-0.2, -0.15) is 4.31 Å². The van der Waals surface area contributed by atoms with Crippen LogP contribution in [0.5, 0.6) is 0 Å². The van der Waals surface area contributed by atoms with Crippen LogP contribution in [-0.2, 0) is 21.4 Å². The molecule has 148 valence electrons. The molecule has 0 radical (unpaired) electrons. The zero-order valence-corrected chi connectivity index (χ0v) is 16.8. The number of sulfonamides is 1. The Hall–Kier alpha value is -2.47. The topological polar surface area (TPSA) is 46.6 Å². The highest BCUT2D eigenvalue weighted by molar-refractivity contribution is 7.89. The third kappa shape index (κ3) is 3.10. The molecule has 2 unspecified atom stereocenters. The maximum atomic E-state index is 13.6. The molecule has 5 heteroatoms. The molecule has 1 saturated carbocycles. The van der Waals surface area contributed by atoms with Crippen LogP contribution < -0.4 is 0 Å². The second kappa shape index (κ2) is 7.10. The van der Waals surface area contributed by atoms with Crippen molar-refractivity contribution in [2.75, 3.05) is 0 Å². The van der Waals surface area contributed by atoms with E-state index in [2.05, 4.69) is 0 Å². The maximum Gasteiger partial charge on any atom is 0.245 e. The smallest absolute Gasteiger partial charge is 0.245 e. The van der Waals surface area contributed by atoms with Crippen molar-refractivity contribution < 1.29 is 13.2 Å². The summed E-state index contributed by atoms with van der Waals surface area (Å²) < 4.78 is 35.0. The van der Waals surface area contributed by atoms with Crippen molar-refractivity contribution in [3.63, 3.8) is 0 Å². The van der Waals surface area contributed by atoms with E-state index in [0.717, 1.165) is 24.0 Å². The number of nitrogens with zero attached hydrogens (tertiary/aromatic N) is 1. The molecular formula is C24H23NO3S. The van der Waals surface area contributed by atoms with Crippen molar-refractivity contribution in [1.82, 2.24) is 4.31 Å². The molecule has 5 rings (SSSR count). The summed E-state index contributed by atoms with van der Waals surface area (Å²) in [6.45, 7) is 0.398. The van der Waals surface area contributed by atoms with Crippen molar-refractivity contribution in [3.8, 4) is 0 Å². The zero-order chi connectivity index (χ0) is 19.9. The predicted octanol–water partition coefficient (Wildman–Crippen LogP) is 4.76. The monoisotopic (exact) mass is 405 g/mol. The summed E-state index contributed by atoms with van der Waals surface area (Å²) in [5.74, 6) is 0. The Labute approximate surface area is 171 Å². The summed E-state index contributed by atoms with van der Waals surface area (Å²) in [4.78, 5) is 0.310. The van der Waals surface area contributed by atoms with Crippen LogP contribution in [0, 0.1) is 5.41 Å². The van der Waals surface area contributed by atoms with E-state index in [1.807, 2.05) is 66.7 Å². The van der Waals surface area contributed by atoms with Crippen LogP contribution in [0.1, 0.15) is 30.0 Å². The van der Waals surface area contributed by atoms with Crippen LogP contribution in [0.2, 0.25) is 0 Å². The van der Waals surface area contributed by atoms with Crippen molar-refractivity contribution in [3.05, 3.63) is 102 Å². The van der Waals surface area contributed by atoms with E-state index >= 15 is 0 Å². The third-order valence-corrected chi connectivity index (χ3v) is 7.86. The van der Waals surface area contributed by atoms with Gasteiger partial charge in [0.15, 0.2) is 0 Å². The SMILES string of the molecule is O=S(=O)(c1ccccc1)N1C(OCc2ccccc2)C2(CC2)C1c1ccccc1. The normalized spacial score (nSPS) is 22.9. The van der Waals surface area contributed by atoms with Gasteiger partial charge in [-0.15, -0.1) is 0 Å². The van der Waals surface area contributed by atoms with E-state index in [1.54, 1.807) is 28.6 Å². The average molecular weight is 406 g/mol. The van der Waals surface area contributed by atoms with Crippen molar-refractivity contribution in [2.45, 2.75) is 36.6 Å². The largest absolute Gasteiger partial charge is 0.357 e. The number of hydrogen-bond acceptors (Lipinski definition) is 3. The molecule has 1 spiro atoms. The molecule has 2 atom stereocenters. The molecule has 3 aromatic rings. The second-order valence-corrected chi connectivity index (χ2v) is 9.69. The molecule has 1 aliphatic carbocycles. The number of benzene rings is 3. The summed E-state index contributed by atoms with van der Waals surface area (Å²) in [5.41, 5.74) is 1.95. The molecule has 1 heterocycles. The van der Waals surface area contributed by atoms with E-state index in [0.29, 0.717) is 11.5 Å². The van der Waals surface area contributed by atoms with E-state index in [9.17, 15) is 8.42 Å². The lowest BCUT2D eigenvalue weighted by atomic mass is 9.80. The summed E-state index contributed by atoms with van der Waals surface area (Å²) in [7, 11) is -3.68. The highest BCUT2D eigenvalue weighted by atomic mass is 32.2. The minimum atomic E-state index is -3.68. The first-order chi connectivity index (χ1) is 14.1. The Morgan fingerprint density at radius 3 is 1.97 bits per heavy atom. The van der Waals surface area contributed by atoms with Gasteiger partial charge in [0.25, 0.3) is 0 Å². The van der Waals surface area contributed by atoms with Gasteiger partial charge in [-0.25, -0.2) is 8.42 Å². The van der Waals surface area contributed by atoms with E-state index in [-0.39, 0.29) is 11.5 Å². The molecule has 1 aliphatic heterocycles. The van der Waals surface area contributed by atoms with Gasteiger partial charge in [0, 0.05) is 5.41 Å². The highest BCUT2D eigenvalue weighted by Crippen LogP contribution is 2.70. The Balaban J connectivity index is 1.51. The summed E-state index contributed by atoms with van der Waals surface area (Å²) >= 11 is 0. The molecule has 0 bridgehead atoms. The van der Waals surface area contributed by atoms with Crippen LogP contribution in [0.3, 0.4) is 0 Å². The van der Waals surface area contributed by atoms with Crippen molar-refractivity contribution in [2.24, 2.45) is 5.41 Å². The van der Waals surface area contributed by atoms with Crippen molar-refractivity contribution >= 4 is 10.0 Å². The number of ether oxygens (including phenoxy) is 1. The summed E-state index contributed by atoms with van der Waals surface area (Å²) in [6, 6.07) is 28.3. The number of rotatable bonds is 6. The summed E-state index contributed by atoms with van der Waals surface area (Å²) in [5, 5.41) is 0. The Morgan fingerprint density at radius 2 is 1.38 bits per heavy atom. The maximum absolute atomic E-state index is 13.6.